The fourth-order valence-corrected chi connectivity index (χ4v) is 4.50. The Hall–Kier alpha value is -2.11. The van der Waals surface area contributed by atoms with E-state index in [-0.39, 0.29) is 0 Å². The van der Waals surface area contributed by atoms with Crippen molar-refractivity contribution in [2.45, 2.75) is 37.5 Å². The maximum Gasteiger partial charge on any atom is 0.261 e. The van der Waals surface area contributed by atoms with Crippen LogP contribution in [0, 0.1) is 0 Å². The summed E-state index contributed by atoms with van der Waals surface area (Å²) in [6, 6.07) is 13.0. The lowest BCUT2D eigenvalue weighted by Crippen LogP contribution is -2.26. The summed E-state index contributed by atoms with van der Waals surface area (Å²) in [5, 5.41) is 0. The van der Waals surface area contributed by atoms with Gasteiger partial charge in [-0.1, -0.05) is 38.1 Å². The van der Waals surface area contributed by atoms with Crippen LogP contribution in [0.5, 0.6) is 0 Å². The molecule has 2 aromatic rings. The Labute approximate surface area is 163 Å². The molecule has 27 heavy (non-hydrogen) atoms. The van der Waals surface area contributed by atoms with Crippen LogP contribution in [-0.2, 0) is 22.9 Å². The molecule has 0 bridgehead atoms. The van der Waals surface area contributed by atoms with Crippen molar-refractivity contribution in [3.8, 4) is 0 Å². The fourth-order valence-electron chi connectivity index (χ4n) is 3.45. The first-order valence-electron chi connectivity index (χ1n) is 9.47. The van der Waals surface area contributed by atoms with Crippen LogP contribution in [0.1, 0.15) is 36.5 Å². The van der Waals surface area contributed by atoms with Gasteiger partial charge in [-0.2, -0.15) is 0 Å². The summed E-state index contributed by atoms with van der Waals surface area (Å²) in [6.07, 6.45) is 3.83. The van der Waals surface area contributed by atoms with Gasteiger partial charge in [-0.15, -0.1) is 6.58 Å². The first kappa shape index (κ1) is 19.6. The molecule has 2 aromatic carbocycles. The normalized spacial score (nSPS) is 15.2. The Balaban J connectivity index is 1.77. The first-order valence-corrected chi connectivity index (χ1v) is 10.9. The number of sulfonamides is 1. The molecule has 0 aromatic heterocycles. The molecule has 0 aliphatic carbocycles. The van der Waals surface area contributed by atoms with E-state index >= 15 is 0 Å². The lowest BCUT2D eigenvalue weighted by Gasteiger charge is -2.16. The van der Waals surface area contributed by atoms with Gasteiger partial charge in [-0.3, -0.25) is 9.62 Å². The number of nitrogens with one attached hydrogen (secondary N) is 1. The van der Waals surface area contributed by atoms with E-state index in [4.69, 9.17) is 0 Å². The average Bonchev–Trinajstić information content (AvgIpc) is 2.84. The van der Waals surface area contributed by atoms with Gasteiger partial charge in [0.2, 0.25) is 0 Å². The molecule has 0 amide bonds. The highest BCUT2D eigenvalue weighted by molar-refractivity contribution is 7.92. The van der Waals surface area contributed by atoms with E-state index in [1.54, 1.807) is 12.1 Å². The molecule has 0 spiro atoms. The van der Waals surface area contributed by atoms with Crippen molar-refractivity contribution in [2.75, 3.05) is 24.4 Å². The van der Waals surface area contributed by atoms with Gasteiger partial charge < -0.3 is 0 Å². The van der Waals surface area contributed by atoms with E-state index in [0.717, 1.165) is 38.0 Å². The maximum atomic E-state index is 12.7. The van der Waals surface area contributed by atoms with E-state index in [2.05, 4.69) is 30.0 Å². The van der Waals surface area contributed by atoms with E-state index in [1.807, 2.05) is 36.4 Å². The van der Waals surface area contributed by atoms with Gasteiger partial charge in [0.05, 0.1) is 4.90 Å². The summed E-state index contributed by atoms with van der Waals surface area (Å²) >= 11 is 0. The van der Waals surface area contributed by atoms with Gasteiger partial charge in [-0.25, -0.2) is 8.42 Å². The minimum absolute atomic E-state index is 0.291. The number of nitrogens with zero attached hydrogens (tertiary/aromatic N) is 1. The lowest BCUT2D eigenvalue weighted by atomic mass is 10.0. The quantitative estimate of drug-likeness (QED) is 0.760. The molecule has 0 saturated carbocycles. The fraction of sp³-hybridized carbons (Fsp3) is 0.364. The average molecular weight is 385 g/mol. The molecule has 1 heterocycles. The molecule has 144 valence electrons. The zero-order valence-electron chi connectivity index (χ0n) is 16.1. The summed E-state index contributed by atoms with van der Waals surface area (Å²) in [4.78, 5) is 2.66. The molecule has 0 fully saturated rings. The Kier molecular flexibility index (Phi) is 6.02. The molecule has 0 atom stereocenters. The van der Waals surface area contributed by atoms with Crippen molar-refractivity contribution in [1.29, 1.82) is 0 Å². The minimum atomic E-state index is -3.58. The summed E-state index contributed by atoms with van der Waals surface area (Å²) in [5.41, 5.74) is 4.27. The third-order valence-corrected chi connectivity index (χ3v) is 6.49. The molecular weight excluding hydrogens is 356 g/mol. The Morgan fingerprint density at radius 1 is 1.07 bits per heavy atom. The van der Waals surface area contributed by atoms with Crippen LogP contribution in [0.15, 0.2) is 60.0 Å². The predicted octanol–water partition coefficient (Wildman–Crippen LogP) is 4.20. The van der Waals surface area contributed by atoms with E-state index in [0.29, 0.717) is 16.5 Å². The zero-order chi connectivity index (χ0) is 19.4. The van der Waals surface area contributed by atoms with Crippen LogP contribution < -0.4 is 4.72 Å². The summed E-state index contributed by atoms with van der Waals surface area (Å²) < 4.78 is 28.2. The van der Waals surface area contributed by atoms with Gasteiger partial charge in [-0.05, 0) is 59.7 Å². The molecule has 5 heteroatoms. The van der Waals surface area contributed by atoms with Crippen molar-refractivity contribution in [2.24, 2.45) is 0 Å². The second-order valence-electron chi connectivity index (χ2n) is 7.40. The van der Waals surface area contributed by atoms with Crippen LogP contribution >= 0.6 is 0 Å². The van der Waals surface area contributed by atoms with E-state index in [1.165, 1.54) is 11.1 Å². The lowest BCUT2D eigenvalue weighted by molar-refractivity contribution is 0.318. The van der Waals surface area contributed by atoms with Gasteiger partial charge in [0.25, 0.3) is 10.0 Å². The zero-order valence-corrected chi connectivity index (χ0v) is 16.9. The summed E-state index contributed by atoms with van der Waals surface area (Å²) in [6.45, 7) is 10.9. The van der Waals surface area contributed by atoms with Crippen LogP contribution in [-0.4, -0.2) is 33.0 Å². The maximum absolute atomic E-state index is 12.7. The first-order chi connectivity index (χ1) is 12.9. The number of anilines is 1. The van der Waals surface area contributed by atoms with Gasteiger partial charge in [0.15, 0.2) is 0 Å². The predicted molar refractivity (Wildman–Crippen MR) is 112 cm³/mol. The second kappa shape index (κ2) is 8.28. The Morgan fingerprint density at radius 3 is 2.37 bits per heavy atom. The number of hydrogen-bond acceptors (Lipinski definition) is 3. The highest BCUT2D eigenvalue weighted by Crippen LogP contribution is 2.24. The SMILES string of the molecule is C=CCN1CCc2ccc(NS(=O)(=O)c3ccc(C(C)C)cc3)cc2CC1. The third kappa shape index (κ3) is 4.79. The summed E-state index contributed by atoms with van der Waals surface area (Å²) in [5.74, 6) is 0.375. The van der Waals surface area contributed by atoms with Crippen molar-refractivity contribution in [1.82, 2.24) is 4.90 Å². The van der Waals surface area contributed by atoms with Crippen LogP contribution in [0.25, 0.3) is 0 Å². The number of fused-ring (bicyclic) bond motifs is 1. The monoisotopic (exact) mass is 384 g/mol. The van der Waals surface area contributed by atoms with Crippen molar-refractivity contribution < 1.29 is 8.42 Å². The number of benzene rings is 2. The van der Waals surface area contributed by atoms with E-state index < -0.39 is 10.0 Å². The molecule has 3 rings (SSSR count). The topological polar surface area (TPSA) is 49.4 Å². The van der Waals surface area contributed by atoms with Gasteiger partial charge in [0, 0.05) is 25.3 Å². The molecule has 0 saturated heterocycles. The second-order valence-corrected chi connectivity index (χ2v) is 9.08. The third-order valence-electron chi connectivity index (χ3n) is 5.10. The van der Waals surface area contributed by atoms with Gasteiger partial charge >= 0.3 is 0 Å². The molecule has 0 unspecified atom stereocenters. The Bertz CT molecular complexity index is 902. The van der Waals surface area contributed by atoms with Gasteiger partial charge in [0.1, 0.15) is 0 Å². The molecule has 4 nitrogen and oxygen atoms in total. The van der Waals surface area contributed by atoms with Crippen LogP contribution in [0.3, 0.4) is 0 Å². The highest BCUT2D eigenvalue weighted by Gasteiger charge is 2.17. The standard InChI is InChI=1S/C22H28N2O2S/c1-4-13-24-14-11-19-5-8-21(16-20(19)12-15-24)23-27(25,26)22-9-6-18(7-10-22)17(2)3/h4-10,16-17,23H,1,11-15H2,2-3H3. The molecule has 1 N–H and O–H groups in total. The van der Waals surface area contributed by atoms with E-state index in [9.17, 15) is 8.42 Å². The van der Waals surface area contributed by atoms with Crippen molar-refractivity contribution in [3.63, 3.8) is 0 Å². The molecular formula is C22H28N2O2S. The van der Waals surface area contributed by atoms with Crippen LogP contribution in [0.2, 0.25) is 0 Å². The van der Waals surface area contributed by atoms with Crippen molar-refractivity contribution in [3.05, 3.63) is 71.8 Å². The number of hydrogen-bond donors (Lipinski definition) is 1. The van der Waals surface area contributed by atoms with Crippen molar-refractivity contribution >= 4 is 15.7 Å². The largest absolute Gasteiger partial charge is 0.299 e. The molecule has 0 radical (unpaired) electrons. The molecule has 1 aliphatic heterocycles. The summed E-state index contributed by atoms with van der Waals surface area (Å²) in [7, 11) is -3.58. The number of rotatable bonds is 6. The highest BCUT2D eigenvalue weighted by atomic mass is 32.2. The smallest absolute Gasteiger partial charge is 0.261 e. The molecule has 1 aliphatic rings. The minimum Gasteiger partial charge on any atom is -0.299 e. The van der Waals surface area contributed by atoms with Crippen LogP contribution in [0.4, 0.5) is 5.69 Å². The Morgan fingerprint density at radius 2 is 1.74 bits per heavy atom.